The van der Waals surface area contributed by atoms with Gasteiger partial charge < -0.3 is 9.47 Å². The number of ether oxygens (including phenoxy) is 2. The van der Waals surface area contributed by atoms with Crippen LogP contribution in [0.15, 0.2) is 0 Å². The van der Waals surface area contributed by atoms with Gasteiger partial charge in [-0.15, -0.1) is 46.7 Å². The molecule has 0 aliphatic carbocycles. The number of rotatable bonds is 8. The van der Waals surface area contributed by atoms with Crippen molar-refractivity contribution in [2.24, 2.45) is 0 Å². The van der Waals surface area contributed by atoms with Gasteiger partial charge in [0, 0.05) is 18.9 Å². The molecule has 2 atom stereocenters. The Morgan fingerprint density at radius 3 is 1.59 bits per heavy atom. The van der Waals surface area contributed by atoms with E-state index in [4.69, 9.17) is 57.1 Å². The third-order valence-electron chi connectivity index (χ3n) is 1.35. The van der Waals surface area contributed by atoms with Gasteiger partial charge in [-0.1, -0.05) is 0 Å². The number of thiocarbonyl (C=S) groups is 2. The maximum absolute atomic E-state index is 5.75. The summed E-state index contributed by atoms with van der Waals surface area (Å²) in [4.78, 5) is 0. The standard InChI is InChI=1S/C9H14Cl2O2S4/c1-6(14)12-8(3-10)16-5-17-9(4-11)13-7(2)15/h8-9H,3-5H2,1-2H3. The second-order valence-corrected chi connectivity index (χ2v) is 7.27. The van der Waals surface area contributed by atoms with Crippen molar-refractivity contribution in [2.75, 3.05) is 16.8 Å². The van der Waals surface area contributed by atoms with E-state index in [0.717, 1.165) is 5.08 Å². The Morgan fingerprint density at radius 1 is 1.00 bits per heavy atom. The Labute approximate surface area is 131 Å². The van der Waals surface area contributed by atoms with Crippen molar-refractivity contribution in [3.05, 3.63) is 0 Å². The lowest BCUT2D eigenvalue weighted by Gasteiger charge is -2.18. The van der Waals surface area contributed by atoms with Gasteiger partial charge >= 0.3 is 0 Å². The van der Waals surface area contributed by atoms with Crippen LogP contribution in [0.25, 0.3) is 0 Å². The van der Waals surface area contributed by atoms with Crippen molar-refractivity contribution in [2.45, 2.75) is 24.7 Å². The summed E-state index contributed by atoms with van der Waals surface area (Å²) in [6, 6.07) is 0. The van der Waals surface area contributed by atoms with Crippen molar-refractivity contribution >= 4 is 81.3 Å². The molecule has 0 aromatic rings. The Bertz CT molecular complexity index is 229. The van der Waals surface area contributed by atoms with E-state index in [9.17, 15) is 0 Å². The van der Waals surface area contributed by atoms with E-state index in [1.54, 1.807) is 37.4 Å². The molecule has 0 aliphatic heterocycles. The lowest BCUT2D eigenvalue weighted by atomic mass is 10.8. The van der Waals surface area contributed by atoms with Gasteiger partial charge in [0.2, 0.25) is 0 Å². The summed E-state index contributed by atoms with van der Waals surface area (Å²) in [6.07, 6.45) is 0. The SMILES string of the molecule is CC(=S)OC(CCl)SCSC(CCl)OC(C)=S. The highest BCUT2D eigenvalue weighted by Gasteiger charge is 2.13. The van der Waals surface area contributed by atoms with Crippen molar-refractivity contribution in [3.8, 4) is 0 Å². The lowest BCUT2D eigenvalue weighted by molar-refractivity contribution is 0.302. The second kappa shape index (κ2) is 10.9. The summed E-state index contributed by atoms with van der Waals surface area (Å²) in [5, 5.41) is 1.74. The summed E-state index contributed by atoms with van der Waals surface area (Å²) < 4.78 is 10.7. The van der Waals surface area contributed by atoms with Crippen molar-refractivity contribution in [3.63, 3.8) is 0 Å². The lowest BCUT2D eigenvalue weighted by Crippen LogP contribution is -2.16. The minimum Gasteiger partial charge on any atom is -0.472 e. The van der Waals surface area contributed by atoms with Gasteiger partial charge in [0.1, 0.15) is 0 Å². The first kappa shape index (κ1) is 18.1. The molecular weight excluding hydrogens is 339 g/mol. The van der Waals surface area contributed by atoms with Crippen LogP contribution in [-0.2, 0) is 9.47 Å². The highest BCUT2D eigenvalue weighted by atomic mass is 35.5. The first-order valence-corrected chi connectivity index (χ1v) is 8.67. The molecule has 0 aromatic carbocycles. The van der Waals surface area contributed by atoms with E-state index in [-0.39, 0.29) is 10.9 Å². The Balaban J connectivity index is 3.84. The van der Waals surface area contributed by atoms with Crippen LogP contribution in [0.4, 0.5) is 0 Å². The Morgan fingerprint density at radius 2 is 1.35 bits per heavy atom. The molecule has 0 saturated carbocycles. The summed E-state index contributed by atoms with van der Waals surface area (Å²) in [6.45, 7) is 3.45. The van der Waals surface area contributed by atoms with Gasteiger partial charge in [0.05, 0.1) is 11.8 Å². The van der Waals surface area contributed by atoms with Crippen LogP contribution < -0.4 is 0 Å². The average molecular weight is 353 g/mol. The van der Waals surface area contributed by atoms with Gasteiger partial charge in [0.15, 0.2) is 21.0 Å². The minimum absolute atomic E-state index is 0.133. The maximum atomic E-state index is 5.75. The normalized spacial score (nSPS) is 13.9. The zero-order valence-electron chi connectivity index (χ0n) is 9.48. The second-order valence-electron chi connectivity index (χ2n) is 2.84. The molecule has 2 nitrogen and oxygen atoms in total. The first-order chi connectivity index (χ1) is 7.99. The van der Waals surface area contributed by atoms with E-state index in [0.29, 0.717) is 21.9 Å². The quantitative estimate of drug-likeness (QED) is 0.366. The van der Waals surface area contributed by atoms with Gasteiger partial charge in [-0.3, -0.25) is 0 Å². The molecular formula is C9H14Cl2O2S4. The first-order valence-electron chi connectivity index (χ1n) is 4.69. The molecule has 0 fully saturated rings. The number of thioether (sulfide) groups is 2. The molecule has 8 heteroatoms. The predicted molar refractivity (Wildman–Crippen MR) is 87.8 cm³/mol. The number of hydrogen-bond acceptors (Lipinski definition) is 6. The fraction of sp³-hybridized carbons (Fsp3) is 0.778. The van der Waals surface area contributed by atoms with Crippen molar-refractivity contribution < 1.29 is 9.47 Å². The summed E-state index contributed by atoms with van der Waals surface area (Å²) in [7, 11) is 0. The molecule has 0 heterocycles. The fourth-order valence-corrected chi connectivity index (χ4v) is 3.93. The van der Waals surface area contributed by atoms with Crippen LogP contribution in [0.1, 0.15) is 13.8 Å². The molecule has 17 heavy (non-hydrogen) atoms. The average Bonchev–Trinajstić information content (AvgIpc) is 2.25. The molecule has 0 rings (SSSR count). The molecule has 0 saturated heterocycles. The fourth-order valence-electron chi connectivity index (χ4n) is 0.781. The van der Waals surface area contributed by atoms with Crippen LogP contribution in [0.2, 0.25) is 0 Å². The summed E-state index contributed by atoms with van der Waals surface area (Å²) in [5.74, 6) is 0.773. The van der Waals surface area contributed by atoms with Crippen LogP contribution in [0.3, 0.4) is 0 Å². The summed E-state index contributed by atoms with van der Waals surface area (Å²) in [5.41, 5.74) is -0.266. The molecule has 0 amide bonds. The van der Waals surface area contributed by atoms with Crippen LogP contribution in [-0.4, -0.2) is 37.8 Å². The minimum atomic E-state index is -0.133. The highest BCUT2D eigenvalue weighted by Crippen LogP contribution is 2.24. The van der Waals surface area contributed by atoms with Crippen LogP contribution in [0, 0.1) is 0 Å². The van der Waals surface area contributed by atoms with E-state index in [1.807, 2.05) is 0 Å². The largest absolute Gasteiger partial charge is 0.472 e. The summed E-state index contributed by atoms with van der Waals surface area (Å²) >= 11 is 24.3. The van der Waals surface area contributed by atoms with Gasteiger partial charge in [0.25, 0.3) is 0 Å². The smallest absolute Gasteiger partial charge is 0.159 e. The molecule has 0 aromatic heterocycles. The topological polar surface area (TPSA) is 18.5 Å². The molecule has 2 unspecified atom stereocenters. The van der Waals surface area contributed by atoms with Crippen molar-refractivity contribution in [1.29, 1.82) is 0 Å². The van der Waals surface area contributed by atoms with E-state index in [2.05, 4.69) is 0 Å². The van der Waals surface area contributed by atoms with Crippen molar-refractivity contribution in [1.82, 2.24) is 0 Å². The third-order valence-corrected chi connectivity index (χ3v) is 4.83. The van der Waals surface area contributed by atoms with E-state index in [1.165, 1.54) is 0 Å². The van der Waals surface area contributed by atoms with Gasteiger partial charge in [-0.25, -0.2) is 0 Å². The Hall–Kier alpha value is 1.06. The molecule has 0 bridgehead atoms. The monoisotopic (exact) mass is 352 g/mol. The highest BCUT2D eigenvalue weighted by molar-refractivity contribution is 8.16. The number of hydrogen-bond donors (Lipinski definition) is 0. The molecule has 0 radical (unpaired) electrons. The third kappa shape index (κ3) is 10.7. The van der Waals surface area contributed by atoms with Gasteiger partial charge in [-0.05, 0) is 24.4 Å². The van der Waals surface area contributed by atoms with Crippen LogP contribution >= 0.6 is 71.2 Å². The van der Waals surface area contributed by atoms with Crippen LogP contribution in [0.5, 0.6) is 0 Å². The van der Waals surface area contributed by atoms with E-state index < -0.39 is 0 Å². The number of alkyl halides is 2. The maximum Gasteiger partial charge on any atom is 0.159 e. The predicted octanol–water partition coefficient (Wildman–Crippen LogP) is 4.27. The zero-order chi connectivity index (χ0) is 13.3. The molecule has 0 spiro atoms. The zero-order valence-corrected chi connectivity index (χ0v) is 14.3. The Kier molecular flexibility index (Phi) is 11.6. The van der Waals surface area contributed by atoms with E-state index >= 15 is 0 Å². The molecule has 100 valence electrons. The van der Waals surface area contributed by atoms with Gasteiger partial charge in [-0.2, -0.15) is 0 Å². The molecule has 0 aliphatic rings. The number of halogens is 2. The molecule has 0 N–H and O–H groups in total.